The minimum absolute atomic E-state index is 0.194. The molecule has 0 saturated carbocycles. The third kappa shape index (κ3) is 7.70. The van der Waals surface area contributed by atoms with Crippen molar-refractivity contribution in [3.8, 4) is 0 Å². The maximum Gasteiger partial charge on any atom is 0.418 e. The largest absolute Gasteiger partial charge is 0.418 e. The van der Waals surface area contributed by atoms with Gasteiger partial charge in [0.1, 0.15) is 0 Å². The maximum atomic E-state index is 14.2. The van der Waals surface area contributed by atoms with Crippen molar-refractivity contribution in [2.75, 3.05) is 51.8 Å². The van der Waals surface area contributed by atoms with E-state index in [2.05, 4.69) is 10.2 Å². The highest BCUT2D eigenvalue weighted by Gasteiger charge is 2.47. The molecule has 0 bridgehead atoms. The molecular formula is C27H29F6N3O2S. The van der Waals surface area contributed by atoms with Crippen LogP contribution in [0, 0.1) is 0 Å². The van der Waals surface area contributed by atoms with Crippen molar-refractivity contribution < 1.29 is 35.9 Å². The van der Waals surface area contributed by atoms with E-state index in [0.717, 1.165) is 44.1 Å². The Kier molecular flexibility index (Phi) is 9.18. The summed E-state index contributed by atoms with van der Waals surface area (Å²) >= 11 is 0.585. The van der Waals surface area contributed by atoms with E-state index in [4.69, 9.17) is 4.74 Å². The molecule has 0 spiro atoms. The van der Waals surface area contributed by atoms with Crippen LogP contribution in [0.3, 0.4) is 0 Å². The van der Waals surface area contributed by atoms with Gasteiger partial charge < -0.3 is 19.9 Å². The van der Waals surface area contributed by atoms with Crippen molar-refractivity contribution in [1.82, 2.24) is 9.80 Å². The number of hydrogen-bond acceptors (Lipinski definition) is 6. The van der Waals surface area contributed by atoms with E-state index >= 15 is 0 Å². The van der Waals surface area contributed by atoms with Crippen LogP contribution in [0.2, 0.25) is 0 Å². The first kappa shape index (κ1) is 29.3. The van der Waals surface area contributed by atoms with E-state index < -0.39 is 39.7 Å². The van der Waals surface area contributed by atoms with Gasteiger partial charge in [0, 0.05) is 52.4 Å². The van der Waals surface area contributed by atoms with Crippen molar-refractivity contribution in [2.45, 2.75) is 41.0 Å². The van der Waals surface area contributed by atoms with E-state index in [1.54, 1.807) is 29.2 Å². The Balaban J connectivity index is 1.65. The number of likely N-dealkylation sites (tertiary alicyclic amines) is 1. The number of nitrogens with one attached hydrogen (secondary N) is 1. The van der Waals surface area contributed by atoms with Crippen LogP contribution >= 0.6 is 11.8 Å². The molecule has 4 rings (SSSR count). The van der Waals surface area contributed by atoms with Crippen LogP contribution in [0.5, 0.6) is 0 Å². The number of hydrogen-bond donors (Lipinski definition) is 1. The van der Waals surface area contributed by atoms with Crippen molar-refractivity contribution in [2.24, 2.45) is 0 Å². The number of rotatable bonds is 7. The van der Waals surface area contributed by atoms with E-state index in [9.17, 15) is 31.1 Å². The number of carbonyl (C=O) groups is 1. The smallest absolute Gasteiger partial charge is 0.382 e. The number of nitrogens with zero attached hydrogens (tertiary/aromatic N) is 2. The number of piperidine rings is 1. The molecule has 2 aliphatic rings. The van der Waals surface area contributed by atoms with Crippen LogP contribution in [-0.2, 0) is 17.1 Å². The summed E-state index contributed by atoms with van der Waals surface area (Å²) in [6.07, 6.45) is -6.78. The standard InChI is InChI=1S/C27H29F6N3O2S/c1-35-10-7-18(8-11-35)34-19-3-2-4-20(17-19)39-23-6-5-21(22(37)9-12-36-13-15-38-16-14-36)24(26(28,29)30)25(23)27(31,32)33/h2-6,9,12,17-18,34H,7-8,10-11,13-16H2,1H3. The number of benzene rings is 2. The zero-order valence-electron chi connectivity index (χ0n) is 21.2. The van der Waals surface area contributed by atoms with Gasteiger partial charge in [0.05, 0.1) is 24.3 Å². The Morgan fingerprint density at radius 2 is 1.64 bits per heavy atom. The van der Waals surface area contributed by atoms with E-state index in [1.807, 2.05) is 7.05 Å². The van der Waals surface area contributed by atoms with Crippen LogP contribution in [0.4, 0.5) is 32.0 Å². The number of ether oxygens (including phenoxy) is 1. The summed E-state index contributed by atoms with van der Waals surface area (Å²) in [5, 5.41) is 3.37. The maximum absolute atomic E-state index is 14.2. The molecule has 0 aromatic heterocycles. The quantitative estimate of drug-likeness (QED) is 0.235. The molecule has 0 atom stereocenters. The number of halogens is 6. The van der Waals surface area contributed by atoms with Gasteiger partial charge in [-0.2, -0.15) is 26.3 Å². The summed E-state index contributed by atoms with van der Waals surface area (Å²) in [5.74, 6) is -1.15. The average molecular weight is 574 g/mol. The molecule has 2 heterocycles. The molecule has 39 heavy (non-hydrogen) atoms. The van der Waals surface area contributed by atoms with Crippen molar-refractivity contribution >= 4 is 23.2 Å². The van der Waals surface area contributed by atoms with Gasteiger partial charge >= 0.3 is 12.4 Å². The van der Waals surface area contributed by atoms with Gasteiger partial charge in [-0.05, 0) is 63.3 Å². The van der Waals surface area contributed by atoms with Crippen LogP contribution in [0.1, 0.15) is 34.3 Å². The number of alkyl halides is 6. The van der Waals surface area contributed by atoms with E-state index in [-0.39, 0.29) is 6.04 Å². The predicted octanol–water partition coefficient (Wildman–Crippen LogP) is 6.41. The number of morpholine rings is 1. The zero-order valence-corrected chi connectivity index (χ0v) is 22.1. The fraction of sp³-hybridized carbons (Fsp3) is 0.444. The Hall–Kier alpha value is -2.70. The molecule has 2 saturated heterocycles. The lowest BCUT2D eigenvalue weighted by Crippen LogP contribution is -2.36. The zero-order chi connectivity index (χ0) is 28.2. The van der Waals surface area contributed by atoms with Crippen molar-refractivity contribution in [1.29, 1.82) is 0 Å². The SMILES string of the molecule is CN1CCC(Nc2cccc(Sc3ccc(C(=O)C=CN4CCOCC4)c(C(F)(F)F)c3C(F)(F)F)c2)CC1. The summed E-state index contributed by atoms with van der Waals surface area (Å²) in [6.45, 7) is 3.42. The molecule has 1 N–H and O–H groups in total. The minimum Gasteiger partial charge on any atom is -0.382 e. The Morgan fingerprint density at radius 1 is 0.974 bits per heavy atom. The summed E-state index contributed by atoms with van der Waals surface area (Å²) in [4.78, 5) is 16.3. The second-order valence-corrected chi connectivity index (χ2v) is 10.7. The van der Waals surface area contributed by atoms with Crippen molar-refractivity contribution in [3.05, 3.63) is 65.4 Å². The van der Waals surface area contributed by atoms with Gasteiger partial charge in [0.25, 0.3) is 0 Å². The molecule has 0 radical (unpaired) electrons. The number of anilines is 1. The molecule has 0 amide bonds. The lowest BCUT2D eigenvalue weighted by atomic mass is 9.96. The minimum atomic E-state index is -5.41. The number of ketones is 1. The lowest BCUT2D eigenvalue weighted by molar-refractivity contribution is -0.163. The fourth-order valence-corrected chi connectivity index (χ4v) is 5.65. The molecule has 2 fully saturated rings. The Bertz CT molecular complexity index is 1190. The summed E-state index contributed by atoms with van der Waals surface area (Å²) in [6, 6.07) is 8.55. The van der Waals surface area contributed by atoms with E-state index in [0.29, 0.717) is 48.6 Å². The highest BCUT2D eigenvalue weighted by molar-refractivity contribution is 7.99. The molecule has 12 heteroatoms. The normalized spacial score (nSPS) is 18.1. The summed E-state index contributed by atoms with van der Waals surface area (Å²) in [7, 11) is 2.03. The first-order chi connectivity index (χ1) is 18.4. The molecule has 2 aromatic carbocycles. The topological polar surface area (TPSA) is 44.8 Å². The van der Waals surface area contributed by atoms with E-state index in [1.165, 1.54) is 6.20 Å². The van der Waals surface area contributed by atoms with Crippen LogP contribution < -0.4 is 5.32 Å². The first-order valence-corrected chi connectivity index (χ1v) is 13.3. The van der Waals surface area contributed by atoms with Gasteiger partial charge in [0.15, 0.2) is 5.78 Å². The van der Waals surface area contributed by atoms with Gasteiger partial charge in [-0.25, -0.2) is 0 Å². The molecule has 5 nitrogen and oxygen atoms in total. The number of carbonyl (C=O) groups excluding carboxylic acids is 1. The van der Waals surface area contributed by atoms with Crippen LogP contribution in [0.25, 0.3) is 0 Å². The molecule has 0 aliphatic carbocycles. The van der Waals surface area contributed by atoms with Gasteiger partial charge in [-0.3, -0.25) is 4.79 Å². The second-order valence-electron chi connectivity index (χ2n) is 9.54. The Morgan fingerprint density at radius 3 is 2.28 bits per heavy atom. The van der Waals surface area contributed by atoms with Crippen molar-refractivity contribution in [3.63, 3.8) is 0 Å². The summed E-state index contributed by atoms with van der Waals surface area (Å²) < 4.78 is 90.2. The highest BCUT2D eigenvalue weighted by atomic mass is 32.2. The average Bonchev–Trinajstić information content (AvgIpc) is 2.88. The molecule has 2 aliphatic heterocycles. The molecular weight excluding hydrogens is 544 g/mol. The highest BCUT2D eigenvalue weighted by Crippen LogP contribution is 2.48. The summed E-state index contributed by atoms with van der Waals surface area (Å²) in [5.41, 5.74) is -4.20. The lowest BCUT2D eigenvalue weighted by Gasteiger charge is -2.30. The number of allylic oxidation sites excluding steroid dienone is 1. The Labute approximate surface area is 227 Å². The third-order valence-electron chi connectivity index (χ3n) is 6.63. The predicted molar refractivity (Wildman–Crippen MR) is 137 cm³/mol. The molecule has 2 aromatic rings. The van der Waals surface area contributed by atoms with Gasteiger partial charge in [0.2, 0.25) is 0 Å². The molecule has 212 valence electrons. The monoisotopic (exact) mass is 573 g/mol. The fourth-order valence-electron chi connectivity index (χ4n) is 4.60. The van der Waals surface area contributed by atoms with Crippen LogP contribution in [0.15, 0.2) is 58.5 Å². The first-order valence-electron chi connectivity index (χ1n) is 12.5. The van der Waals surface area contributed by atoms with Gasteiger partial charge in [-0.15, -0.1) is 0 Å². The third-order valence-corrected chi connectivity index (χ3v) is 7.68. The second kappa shape index (κ2) is 12.2. The molecule has 0 unspecified atom stereocenters. The van der Waals surface area contributed by atoms with Gasteiger partial charge in [-0.1, -0.05) is 17.8 Å². The van der Waals surface area contributed by atoms with Crippen LogP contribution in [-0.4, -0.2) is 68.1 Å².